The van der Waals surface area contributed by atoms with Crippen molar-refractivity contribution in [3.8, 4) is 0 Å². The van der Waals surface area contributed by atoms with Gasteiger partial charge >= 0.3 is 0 Å². The van der Waals surface area contributed by atoms with Crippen LogP contribution in [0.1, 0.15) is 61.3 Å². The van der Waals surface area contributed by atoms with E-state index in [2.05, 4.69) is 67.7 Å². The predicted molar refractivity (Wildman–Crippen MR) is 115 cm³/mol. The quantitative estimate of drug-likeness (QED) is 0.844. The first kappa shape index (κ1) is 19.7. The number of rotatable bonds is 5. The van der Waals surface area contributed by atoms with Gasteiger partial charge in [-0.3, -0.25) is 9.59 Å². The van der Waals surface area contributed by atoms with Gasteiger partial charge in [0.05, 0.1) is 0 Å². The number of nitrogens with zero attached hydrogens (tertiary/aromatic N) is 1. The van der Waals surface area contributed by atoms with Gasteiger partial charge in [0.2, 0.25) is 11.8 Å². The SMILES string of the molecule is CC(C)N(C[C@@H]1CCC(=O)N1)C(=O)CC1c2ccccc2CCc2ccccc21. The maximum absolute atomic E-state index is 13.5. The molecule has 1 aliphatic carbocycles. The fourth-order valence-corrected chi connectivity index (χ4v) is 4.80. The maximum Gasteiger partial charge on any atom is 0.223 e. The predicted octanol–water partition coefficient (Wildman–Crippen LogP) is 3.82. The minimum Gasteiger partial charge on any atom is -0.352 e. The molecule has 4 nitrogen and oxygen atoms in total. The molecule has 4 heteroatoms. The Morgan fingerprint density at radius 2 is 1.59 bits per heavy atom. The van der Waals surface area contributed by atoms with Gasteiger partial charge in [-0.2, -0.15) is 0 Å². The van der Waals surface area contributed by atoms with E-state index in [1.165, 1.54) is 22.3 Å². The summed E-state index contributed by atoms with van der Waals surface area (Å²) in [4.78, 5) is 27.0. The van der Waals surface area contributed by atoms with Gasteiger partial charge in [-0.05, 0) is 55.4 Å². The molecule has 0 radical (unpaired) electrons. The van der Waals surface area contributed by atoms with Crippen molar-refractivity contribution < 1.29 is 9.59 Å². The standard InChI is InChI=1S/C25H30N2O2/c1-17(2)27(16-20-13-14-24(28)26-20)25(29)15-23-21-9-5-3-7-18(21)11-12-19-8-4-6-10-22(19)23/h3-10,17,20,23H,11-16H2,1-2H3,(H,26,28)/t20-/m0/s1. The third-order valence-electron chi connectivity index (χ3n) is 6.35. The molecule has 29 heavy (non-hydrogen) atoms. The first-order chi connectivity index (χ1) is 14.0. The lowest BCUT2D eigenvalue weighted by Gasteiger charge is -2.31. The van der Waals surface area contributed by atoms with E-state index in [-0.39, 0.29) is 29.8 Å². The molecular weight excluding hydrogens is 360 g/mol. The topological polar surface area (TPSA) is 49.4 Å². The normalized spacial score (nSPS) is 18.7. The van der Waals surface area contributed by atoms with Crippen molar-refractivity contribution in [2.24, 2.45) is 0 Å². The highest BCUT2D eigenvalue weighted by atomic mass is 16.2. The zero-order valence-electron chi connectivity index (χ0n) is 17.4. The Morgan fingerprint density at radius 1 is 1.00 bits per heavy atom. The number of amides is 2. The van der Waals surface area contributed by atoms with Crippen LogP contribution in [-0.2, 0) is 22.4 Å². The van der Waals surface area contributed by atoms with Gasteiger partial charge in [0.1, 0.15) is 0 Å². The highest BCUT2D eigenvalue weighted by Gasteiger charge is 2.30. The van der Waals surface area contributed by atoms with Crippen molar-refractivity contribution in [1.82, 2.24) is 10.2 Å². The van der Waals surface area contributed by atoms with E-state index in [4.69, 9.17) is 0 Å². The van der Waals surface area contributed by atoms with Crippen molar-refractivity contribution in [1.29, 1.82) is 0 Å². The van der Waals surface area contributed by atoms with Crippen LogP contribution in [0.15, 0.2) is 48.5 Å². The van der Waals surface area contributed by atoms with Crippen molar-refractivity contribution in [3.63, 3.8) is 0 Å². The summed E-state index contributed by atoms with van der Waals surface area (Å²) in [6.45, 7) is 4.71. The Hall–Kier alpha value is -2.62. The van der Waals surface area contributed by atoms with Gasteiger partial charge < -0.3 is 10.2 Å². The minimum absolute atomic E-state index is 0.0718. The van der Waals surface area contributed by atoms with Crippen LogP contribution in [0, 0.1) is 0 Å². The van der Waals surface area contributed by atoms with E-state index in [0.29, 0.717) is 19.4 Å². The van der Waals surface area contributed by atoms with Crippen LogP contribution in [0.4, 0.5) is 0 Å². The fourth-order valence-electron chi connectivity index (χ4n) is 4.80. The molecule has 1 fully saturated rings. The number of fused-ring (bicyclic) bond motifs is 2. The lowest BCUT2D eigenvalue weighted by atomic mass is 9.85. The lowest BCUT2D eigenvalue weighted by molar-refractivity contribution is -0.133. The third-order valence-corrected chi connectivity index (χ3v) is 6.35. The number of hydrogen-bond donors (Lipinski definition) is 1. The summed E-state index contributed by atoms with van der Waals surface area (Å²) >= 11 is 0. The monoisotopic (exact) mass is 390 g/mol. The Morgan fingerprint density at radius 3 is 2.10 bits per heavy atom. The molecule has 0 spiro atoms. The molecule has 2 amide bonds. The molecule has 1 heterocycles. The van der Waals surface area contributed by atoms with Crippen molar-refractivity contribution in [3.05, 3.63) is 70.8 Å². The van der Waals surface area contributed by atoms with Gasteiger partial charge in [0, 0.05) is 37.4 Å². The molecule has 0 unspecified atom stereocenters. The summed E-state index contributed by atoms with van der Waals surface area (Å²) < 4.78 is 0. The number of carbonyl (C=O) groups is 2. The number of carbonyl (C=O) groups excluding carboxylic acids is 2. The van der Waals surface area contributed by atoms with Crippen LogP contribution in [0.25, 0.3) is 0 Å². The molecule has 0 bridgehead atoms. The van der Waals surface area contributed by atoms with E-state index in [0.717, 1.165) is 19.3 Å². The van der Waals surface area contributed by atoms with Crippen molar-refractivity contribution in [2.75, 3.05) is 6.54 Å². The fraction of sp³-hybridized carbons (Fsp3) is 0.440. The van der Waals surface area contributed by atoms with Gasteiger partial charge in [-0.25, -0.2) is 0 Å². The summed E-state index contributed by atoms with van der Waals surface area (Å²) in [5, 5.41) is 3.01. The van der Waals surface area contributed by atoms with Crippen LogP contribution in [-0.4, -0.2) is 35.3 Å². The van der Waals surface area contributed by atoms with E-state index in [9.17, 15) is 9.59 Å². The van der Waals surface area contributed by atoms with Crippen LogP contribution in [0.2, 0.25) is 0 Å². The number of hydrogen-bond acceptors (Lipinski definition) is 2. The second kappa shape index (κ2) is 8.40. The molecule has 1 saturated heterocycles. The molecule has 2 aromatic rings. The number of nitrogens with one attached hydrogen (secondary N) is 1. The summed E-state index contributed by atoms with van der Waals surface area (Å²) in [5.41, 5.74) is 5.26. The van der Waals surface area contributed by atoms with Gasteiger partial charge in [-0.1, -0.05) is 48.5 Å². The smallest absolute Gasteiger partial charge is 0.223 e. The molecule has 2 aliphatic rings. The van der Waals surface area contributed by atoms with Gasteiger partial charge in [0.25, 0.3) is 0 Å². The van der Waals surface area contributed by atoms with Crippen molar-refractivity contribution in [2.45, 2.75) is 64.0 Å². The second-order valence-electron chi connectivity index (χ2n) is 8.60. The number of aryl methyl sites for hydroxylation is 2. The molecule has 1 aliphatic heterocycles. The summed E-state index contributed by atoms with van der Waals surface area (Å²) in [5.74, 6) is 0.340. The van der Waals surface area contributed by atoms with E-state index in [1.807, 2.05) is 4.90 Å². The van der Waals surface area contributed by atoms with Gasteiger partial charge in [-0.15, -0.1) is 0 Å². The average molecular weight is 391 g/mol. The third kappa shape index (κ3) is 4.21. The summed E-state index contributed by atoms with van der Waals surface area (Å²) in [6.07, 6.45) is 3.87. The number of benzene rings is 2. The Kier molecular flexibility index (Phi) is 5.70. The Labute approximate surface area is 173 Å². The van der Waals surface area contributed by atoms with Crippen LogP contribution in [0.3, 0.4) is 0 Å². The van der Waals surface area contributed by atoms with E-state index < -0.39 is 0 Å². The van der Waals surface area contributed by atoms with Gasteiger partial charge in [0.15, 0.2) is 0 Å². The molecule has 1 atom stereocenters. The lowest BCUT2D eigenvalue weighted by Crippen LogP contribution is -2.45. The largest absolute Gasteiger partial charge is 0.352 e. The zero-order valence-corrected chi connectivity index (χ0v) is 17.4. The van der Waals surface area contributed by atoms with Crippen molar-refractivity contribution >= 4 is 11.8 Å². The summed E-state index contributed by atoms with van der Waals surface area (Å²) in [6, 6.07) is 17.3. The van der Waals surface area contributed by atoms with E-state index in [1.54, 1.807) is 0 Å². The average Bonchev–Trinajstić information content (AvgIpc) is 3.06. The molecule has 1 N–H and O–H groups in total. The Balaban J connectivity index is 1.61. The first-order valence-electron chi connectivity index (χ1n) is 10.8. The van der Waals surface area contributed by atoms with Crippen LogP contribution >= 0.6 is 0 Å². The first-order valence-corrected chi connectivity index (χ1v) is 10.8. The van der Waals surface area contributed by atoms with Crippen LogP contribution < -0.4 is 5.32 Å². The van der Waals surface area contributed by atoms with E-state index >= 15 is 0 Å². The molecule has 0 aromatic heterocycles. The molecule has 2 aromatic carbocycles. The highest BCUT2D eigenvalue weighted by Crippen LogP contribution is 2.37. The Bertz CT molecular complexity index is 858. The molecule has 4 rings (SSSR count). The maximum atomic E-state index is 13.5. The second-order valence-corrected chi connectivity index (χ2v) is 8.60. The van der Waals surface area contributed by atoms with Crippen LogP contribution in [0.5, 0.6) is 0 Å². The molecular formula is C25H30N2O2. The zero-order chi connectivity index (χ0) is 20.4. The highest BCUT2D eigenvalue weighted by molar-refractivity contribution is 5.80. The molecule has 0 saturated carbocycles. The summed E-state index contributed by atoms with van der Waals surface area (Å²) in [7, 11) is 0. The minimum atomic E-state index is 0.0718. The molecule has 152 valence electrons.